The Morgan fingerprint density at radius 2 is 1.72 bits per heavy atom. The molecule has 154 valence electrons. The maximum Gasteiger partial charge on any atom is 0.260 e. The lowest BCUT2D eigenvalue weighted by Crippen LogP contribution is -2.38. The SMILES string of the molecule is CCN(CC)CCN(C(=O)c1ccc(N(C)C)cc1)c1nc2c(Cl)cccc2s1. The minimum Gasteiger partial charge on any atom is -0.378 e. The molecule has 7 heteroatoms. The van der Waals surface area contributed by atoms with Gasteiger partial charge in [0.15, 0.2) is 5.13 Å². The third-order valence-electron chi connectivity index (χ3n) is 5.00. The number of rotatable bonds is 8. The number of carbonyl (C=O) groups is 1. The highest BCUT2D eigenvalue weighted by Crippen LogP contribution is 2.33. The zero-order valence-corrected chi connectivity index (χ0v) is 18.9. The summed E-state index contributed by atoms with van der Waals surface area (Å²) in [6.07, 6.45) is 0. The molecule has 0 spiro atoms. The predicted octanol–water partition coefficient (Wildman–Crippen LogP) is 5.00. The number of halogens is 1. The molecule has 0 aliphatic carbocycles. The molecule has 5 nitrogen and oxygen atoms in total. The van der Waals surface area contributed by atoms with Gasteiger partial charge in [-0.1, -0.05) is 42.9 Å². The van der Waals surface area contributed by atoms with Gasteiger partial charge in [-0.3, -0.25) is 9.69 Å². The fraction of sp³-hybridized carbons (Fsp3) is 0.364. The Morgan fingerprint density at radius 1 is 1.03 bits per heavy atom. The van der Waals surface area contributed by atoms with Crippen molar-refractivity contribution in [3.63, 3.8) is 0 Å². The Hall–Kier alpha value is -2.15. The van der Waals surface area contributed by atoms with Crippen LogP contribution in [0.15, 0.2) is 42.5 Å². The normalized spacial score (nSPS) is 11.2. The second kappa shape index (κ2) is 9.57. The molecule has 1 aromatic heterocycles. The van der Waals surface area contributed by atoms with E-state index in [0.29, 0.717) is 22.3 Å². The molecule has 29 heavy (non-hydrogen) atoms. The average molecular weight is 431 g/mol. The van der Waals surface area contributed by atoms with Crippen LogP contribution in [0.5, 0.6) is 0 Å². The lowest BCUT2D eigenvalue weighted by Gasteiger charge is -2.25. The van der Waals surface area contributed by atoms with Crippen LogP contribution >= 0.6 is 22.9 Å². The Morgan fingerprint density at radius 3 is 2.31 bits per heavy atom. The number of thiazole rings is 1. The molecule has 1 heterocycles. The molecule has 0 unspecified atom stereocenters. The van der Waals surface area contributed by atoms with E-state index < -0.39 is 0 Å². The molecule has 0 fully saturated rings. The summed E-state index contributed by atoms with van der Waals surface area (Å²) in [7, 11) is 3.97. The smallest absolute Gasteiger partial charge is 0.260 e. The van der Waals surface area contributed by atoms with Crippen LogP contribution in [-0.4, -0.2) is 56.1 Å². The Kier molecular flexibility index (Phi) is 7.11. The molecule has 0 N–H and O–H groups in total. The van der Waals surface area contributed by atoms with Gasteiger partial charge in [0.25, 0.3) is 5.91 Å². The number of aromatic nitrogens is 1. The third kappa shape index (κ3) is 4.89. The quantitative estimate of drug-likeness (QED) is 0.504. The minimum atomic E-state index is -0.0439. The number of nitrogens with zero attached hydrogens (tertiary/aromatic N) is 4. The van der Waals surface area contributed by atoms with E-state index in [0.717, 1.165) is 35.5 Å². The van der Waals surface area contributed by atoms with Crippen molar-refractivity contribution in [3.8, 4) is 0 Å². The summed E-state index contributed by atoms with van der Waals surface area (Å²) < 4.78 is 0.982. The third-order valence-corrected chi connectivity index (χ3v) is 6.35. The van der Waals surface area contributed by atoms with E-state index in [1.165, 1.54) is 11.3 Å². The van der Waals surface area contributed by atoms with Gasteiger partial charge in [0.2, 0.25) is 0 Å². The van der Waals surface area contributed by atoms with Crippen LogP contribution in [0.25, 0.3) is 10.2 Å². The molecule has 0 radical (unpaired) electrons. The molecule has 0 atom stereocenters. The van der Waals surface area contributed by atoms with Crippen molar-refractivity contribution in [3.05, 3.63) is 53.1 Å². The lowest BCUT2D eigenvalue weighted by molar-refractivity contribution is 0.0984. The first kappa shape index (κ1) is 21.6. The maximum atomic E-state index is 13.4. The van der Waals surface area contributed by atoms with E-state index in [9.17, 15) is 4.79 Å². The fourth-order valence-electron chi connectivity index (χ4n) is 3.14. The highest BCUT2D eigenvalue weighted by atomic mass is 35.5. The maximum absolute atomic E-state index is 13.4. The van der Waals surface area contributed by atoms with Gasteiger partial charge in [-0.25, -0.2) is 4.98 Å². The molecule has 1 amide bonds. The summed E-state index contributed by atoms with van der Waals surface area (Å²) in [5.41, 5.74) is 2.46. The number of hydrogen-bond donors (Lipinski definition) is 0. The molecule has 3 rings (SSSR count). The molecule has 2 aromatic carbocycles. The van der Waals surface area contributed by atoms with Crippen LogP contribution in [0.2, 0.25) is 5.02 Å². The highest BCUT2D eigenvalue weighted by molar-refractivity contribution is 7.22. The van der Waals surface area contributed by atoms with Crippen molar-refractivity contribution in [2.45, 2.75) is 13.8 Å². The zero-order chi connectivity index (χ0) is 21.0. The summed E-state index contributed by atoms with van der Waals surface area (Å²) in [4.78, 5) is 24.2. The van der Waals surface area contributed by atoms with Gasteiger partial charge in [-0.05, 0) is 49.5 Å². The lowest BCUT2D eigenvalue weighted by atomic mass is 10.1. The van der Waals surface area contributed by atoms with Gasteiger partial charge >= 0.3 is 0 Å². The number of para-hydroxylation sites is 1. The van der Waals surface area contributed by atoms with Crippen molar-refractivity contribution in [1.82, 2.24) is 9.88 Å². The second-order valence-corrected chi connectivity index (χ2v) is 8.42. The molecule has 0 aliphatic heterocycles. The van der Waals surface area contributed by atoms with Gasteiger partial charge in [0.05, 0.1) is 9.72 Å². The number of likely N-dealkylation sites (N-methyl/N-ethyl adjacent to an activating group) is 1. The molecule has 0 aliphatic rings. The van der Waals surface area contributed by atoms with Crippen LogP contribution in [0.1, 0.15) is 24.2 Å². The largest absolute Gasteiger partial charge is 0.378 e. The van der Waals surface area contributed by atoms with E-state index in [1.54, 1.807) is 4.90 Å². The molecular weight excluding hydrogens is 404 g/mol. The first-order valence-electron chi connectivity index (χ1n) is 9.81. The number of hydrogen-bond acceptors (Lipinski definition) is 5. The Balaban J connectivity index is 1.94. The van der Waals surface area contributed by atoms with Gasteiger partial charge < -0.3 is 9.80 Å². The number of amides is 1. The van der Waals surface area contributed by atoms with E-state index in [-0.39, 0.29) is 5.91 Å². The summed E-state index contributed by atoms with van der Waals surface area (Å²) in [5.74, 6) is -0.0439. The van der Waals surface area contributed by atoms with Crippen molar-refractivity contribution in [1.29, 1.82) is 0 Å². The Labute approximate surface area is 181 Å². The molecule has 3 aromatic rings. The van der Waals surface area contributed by atoms with Gasteiger partial charge in [-0.2, -0.15) is 0 Å². The van der Waals surface area contributed by atoms with Gasteiger partial charge in [-0.15, -0.1) is 0 Å². The van der Waals surface area contributed by atoms with E-state index in [2.05, 4.69) is 18.7 Å². The molecule has 0 saturated carbocycles. The summed E-state index contributed by atoms with van der Waals surface area (Å²) in [5, 5.41) is 1.29. The monoisotopic (exact) mass is 430 g/mol. The summed E-state index contributed by atoms with van der Waals surface area (Å²) in [6, 6.07) is 13.4. The van der Waals surface area contributed by atoms with Gasteiger partial charge in [0.1, 0.15) is 5.52 Å². The number of anilines is 2. The Bertz CT molecular complexity index is 967. The van der Waals surface area contributed by atoms with E-state index in [1.807, 2.05) is 61.5 Å². The van der Waals surface area contributed by atoms with Crippen molar-refractivity contribution < 1.29 is 4.79 Å². The van der Waals surface area contributed by atoms with Crippen molar-refractivity contribution >= 4 is 49.9 Å². The first-order chi connectivity index (χ1) is 13.9. The summed E-state index contributed by atoms with van der Waals surface area (Å²) in [6.45, 7) is 7.52. The van der Waals surface area contributed by atoms with Crippen LogP contribution in [-0.2, 0) is 0 Å². The molecule has 0 bridgehead atoms. The number of benzene rings is 2. The van der Waals surface area contributed by atoms with Gasteiger partial charge in [0, 0.05) is 38.4 Å². The van der Waals surface area contributed by atoms with Crippen LogP contribution in [0, 0.1) is 0 Å². The van der Waals surface area contributed by atoms with Crippen molar-refractivity contribution in [2.24, 2.45) is 0 Å². The standard InChI is InChI=1S/C22H27ClN4OS/c1-5-26(6-2)14-15-27(21(28)16-10-12-17(13-11-16)25(3)4)22-24-20-18(23)8-7-9-19(20)29-22/h7-13H,5-6,14-15H2,1-4H3. The van der Waals surface area contributed by atoms with Crippen LogP contribution in [0.4, 0.5) is 10.8 Å². The summed E-state index contributed by atoms with van der Waals surface area (Å²) >= 11 is 7.82. The second-order valence-electron chi connectivity index (χ2n) is 7.01. The van der Waals surface area contributed by atoms with Crippen LogP contribution in [0.3, 0.4) is 0 Å². The van der Waals surface area contributed by atoms with E-state index in [4.69, 9.17) is 16.6 Å². The highest BCUT2D eigenvalue weighted by Gasteiger charge is 2.22. The zero-order valence-electron chi connectivity index (χ0n) is 17.4. The number of carbonyl (C=O) groups excluding carboxylic acids is 1. The van der Waals surface area contributed by atoms with Crippen molar-refractivity contribution in [2.75, 3.05) is 50.1 Å². The fourth-order valence-corrected chi connectivity index (χ4v) is 4.43. The minimum absolute atomic E-state index is 0.0439. The van der Waals surface area contributed by atoms with E-state index >= 15 is 0 Å². The molecule has 0 saturated heterocycles. The number of fused-ring (bicyclic) bond motifs is 1. The molecular formula is C22H27ClN4OS. The van der Waals surface area contributed by atoms with Crippen LogP contribution < -0.4 is 9.80 Å². The predicted molar refractivity (Wildman–Crippen MR) is 125 cm³/mol. The topological polar surface area (TPSA) is 39.7 Å². The first-order valence-corrected chi connectivity index (χ1v) is 11.0. The average Bonchev–Trinajstić information content (AvgIpc) is 3.16.